The number of thioether (sulfide) groups is 1. The van der Waals surface area contributed by atoms with Crippen molar-refractivity contribution in [3.05, 3.63) is 47.8 Å². The molecule has 0 spiro atoms. The molecular weight excluding hydrogens is 371 g/mol. The molecule has 0 saturated heterocycles. The summed E-state index contributed by atoms with van der Waals surface area (Å²) in [4.78, 5) is 34.9. The van der Waals surface area contributed by atoms with Crippen LogP contribution in [0.25, 0.3) is 0 Å². The van der Waals surface area contributed by atoms with Crippen molar-refractivity contribution >= 4 is 40.7 Å². The molecule has 2 aromatic carbocycles. The standard InChI is InChI=1S/C19H19FN2O4S/c1-11(23)13-4-7-18(15(20)8-13)27-10-19(25)22-14-5-6-17(26-3)16(9-14)21-12(2)24/h4-9H,10H2,1-3H3,(H,21,24)(H,22,25). The number of Topliss-reactive ketones (excluding diaryl/α,β-unsaturated/α-hetero) is 1. The van der Waals surface area contributed by atoms with Crippen LogP contribution in [0.15, 0.2) is 41.3 Å². The number of rotatable bonds is 7. The van der Waals surface area contributed by atoms with E-state index in [1.54, 1.807) is 18.2 Å². The number of carbonyl (C=O) groups excluding carboxylic acids is 3. The number of halogens is 1. The van der Waals surface area contributed by atoms with Gasteiger partial charge in [0.15, 0.2) is 5.78 Å². The van der Waals surface area contributed by atoms with Crippen LogP contribution >= 0.6 is 11.8 Å². The zero-order valence-electron chi connectivity index (χ0n) is 15.1. The first-order valence-electron chi connectivity index (χ1n) is 7.99. The van der Waals surface area contributed by atoms with E-state index in [1.165, 1.54) is 33.1 Å². The molecule has 27 heavy (non-hydrogen) atoms. The number of benzene rings is 2. The third kappa shape index (κ3) is 5.82. The minimum Gasteiger partial charge on any atom is -0.495 e. The monoisotopic (exact) mass is 390 g/mol. The average Bonchev–Trinajstić information content (AvgIpc) is 2.60. The van der Waals surface area contributed by atoms with Crippen LogP contribution in [-0.2, 0) is 9.59 Å². The van der Waals surface area contributed by atoms with Gasteiger partial charge in [0.1, 0.15) is 11.6 Å². The maximum absolute atomic E-state index is 14.0. The van der Waals surface area contributed by atoms with Crippen LogP contribution < -0.4 is 15.4 Å². The van der Waals surface area contributed by atoms with Crippen molar-refractivity contribution in [3.8, 4) is 5.75 Å². The molecule has 0 atom stereocenters. The minimum atomic E-state index is -0.544. The van der Waals surface area contributed by atoms with E-state index in [-0.39, 0.29) is 33.8 Å². The van der Waals surface area contributed by atoms with E-state index < -0.39 is 5.82 Å². The number of nitrogens with one attached hydrogen (secondary N) is 2. The zero-order valence-corrected chi connectivity index (χ0v) is 15.9. The van der Waals surface area contributed by atoms with Crippen LogP contribution in [0.1, 0.15) is 24.2 Å². The van der Waals surface area contributed by atoms with Gasteiger partial charge in [-0.15, -0.1) is 11.8 Å². The first kappa shape index (κ1) is 20.4. The Bertz CT molecular complexity index is 886. The number of anilines is 2. The molecular formula is C19H19FN2O4S. The molecule has 0 bridgehead atoms. The number of methoxy groups -OCH3 is 1. The van der Waals surface area contributed by atoms with Crippen LogP contribution in [0.5, 0.6) is 5.75 Å². The lowest BCUT2D eigenvalue weighted by atomic mass is 10.1. The minimum absolute atomic E-state index is 0.0160. The molecule has 2 N–H and O–H groups in total. The van der Waals surface area contributed by atoms with Gasteiger partial charge in [0.2, 0.25) is 11.8 Å². The lowest BCUT2D eigenvalue weighted by Crippen LogP contribution is -2.15. The van der Waals surface area contributed by atoms with E-state index >= 15 is 0 Å². The average molecular weight is 390 g/mol. The summed E-state index contributed by atoms with van der Waals surface area (Å²) in [6, 6.07) is 8.99. The van der Waals surface area contributed by atoms with Gasteiger partial charge in [-0.05, 0) is 37.3 Å². The largest absolute Gasteiger partial charge is 0.495 e. The summed E-state index contributed by atoms with van der Waals surface area (Å²) in [5.41, 5.74) is 1.18. The molecule has 0 unspecified atom stereocenters. The van der Waals surface area contributed by atoms with Gasteiger partial charge in [-0.1, -0.05) is 6.07 Å². The Morgan fingerprint density at radius 2 is 1.81 bits per heavy atom. The second-order valence-electron chi connectivity index (χ2n) is 5.63. The molecule has 0 saturated carbocycles. The van der Waals surface area contributed by atoms with Crippen LogP contribution in [0.4, 0.5) is 15.8 Å². The summed E-state index contributed by atoms with van der Waals surface area (Å²) in [5, 5.41) is 5.30. The maximum Gasteiger partial charge on any atom is 0.234 e. The molecule has 142 valence electrons. The molecule has 6 nitrogen and oxygen atoms in total. The summed E-state index contributed by atoms with van der Waals surface area (Å²) in [6.07, 6.45) is 0. The Morgan fingerprint density at radius 1 is 1.07 bits per heavy atom. The predicted molar refractivity (Wildman–Crippen MR) is 103 cm³/mol. The van der Waals surface area contributed by atoms with Gasteiger partial charge in [-0.25, -0.2) is 4.39 Å². The Kier molecular flexibility index (Phi) is 6.95. The van der Waals surface area contributed by atoms with Gasteiger partial charge < -0.3 is 15.4 Å². The van der Waals surface area contributed by atoms with Gasteiger partial charge in [0.25, 0.3) is 0 Å². The van der Waals surface area contributed by atoms with Gasteiger partial charge >= 0.3 is 0 Å². The number of ketones is 1. The molecule has 0 heterocycles. The predicted octanol–water partition coefficient (Wildman–Crippen LogP) is 3.73. The van der Waals surface area contributed by atoms with Crippen LogP contribution in [0.2, 0.25) is 0 Å². The van der Waals surface area contributed by atoms with E-state index in [0.29, 0.717) is 17.1 Å². The van der Waals surface area contributed by atoms with Crippen LogP contribution in [0.3, 0.4) is 0 Å². The molecule has 0 aliphatic rings. The van der Waals surface area contributed by atoms with Crippen molar-refractivity contribution in [2.24, 2.45) is 0 Å². The molecule has 0 aromatic heterocycles. The number of carbonyl (C=O) groups is 3. The van der Waals surface area contributed by atoms with Crippen molar-refractivity contribution in [2.45, 2.75) is 18.7 Å². The second kappa shape index (κ2) is 9.18. The summed E-state index contributed by atoms with van der Waals surface area (Å²) < 4.78 is 19.1. The highest BCUT2D eigenvalue weighted by molar-refractivity contribution is 8.00. The van der Waals surface area contributed by atoms with E-state index in [0.717, 1.165) is 17.8 Å². The number of amides is 2. The van der Waals surface area contributed by atoms with Crippen molar-refractivity contribution in [1.82, 2.24) is 0 Å². The Balaban J connectivity index is 2.01. The van der Waals surface area contributed by atoms with Gasteiger partial charge in [-0.2, -0.15) is 0 Å². The van der Waals surface area contributed by atoms with E-state index in [4.69, 9.17) is 4.74 Å². The summed E-state index contributed by atoms with van der Waals surface area (Å²) in [7, 11) is 1.47. The number of hydrogen-bond donors (Lipinski definition) is 2. The first-order valence-corrected chi connectivity index (χ1v) is 8.97. The number of hydrogen-bond acceptors (Lipinski definition) is 5. The molecule has 8 heteroatoms. The molecule has 2 rings (SSSR count). The lowest BCUT2D eigenvalue weighted by Gasteiger charge is -2.12. The molecule has 0 aliphatic heterocycles. The van der Waals surface area contributed by atoms with Gasteiger partial charge in [-0.3, -0.25) is 14.4 Å². The maximum atomic E-state index is 14.0. The zero-order chi connectivity index (χ0) is 20.0. The summed E-state index contributed by atoms with van der Waals surface area (Å²) in [5.74, 6) is -0.927. The third-order valence-electron chi connectivity index (χ3n) is 3.49. The highest BCUT2D eigenvalue weighted by Gasteiger charge is 2.11. The van der Waals surface area contributed by atoms with Crippen molar-refractivity contribution in [1.29, 1.82) is 0 Å². The summed E-state index contributed by atoms with van der Waals surface area (Å²) >= 11 is 1.02. The van der Waals surface area contributed by atoms with Crippen molar-refractivity contribution in [3.63, 3.8) is 0 Å². The van der Waals surface area contributed by atoms with Gasteiger partial charge in [0, 0.05) is 23.1 Å². The Morgan fingerprint density at radius 3 is 2.41 bits per heavy atom. The molecule has 0 radical (unpaired) electrons. The van der Waals surface area contributed by atoms with Gasteiger partial charge in [0.05, 0.1) is 18.6 Å². The Hall–Kier alpha value is -2.87. The smallest absolute Gasteiger partial charge is 0.234 e. The second-order valence-corrected chi connectivity index (χ2v) is 6.65. The fourth-order valence-electron chi connectivity index (χ4n) is 2.25. The normalized spacial score (nSPS) is 10.2. The summed E-state index contributed by atoms with van der Waals surface area (Å²) in [6.45, 7) is 2.73. The van der Waals surface area contributed by atoms with E-state index in [1.807, 2.05) is 0 Å². The molecule has 0 fully saturated rings. The highest BCUT2D eigenvalue weighted by Crippen LogP contribution is 2.28. The highest BCUT2D eigenvalue weighted by atomic mass is 32.2. The number of ether oxygens (including phenoxy) is 1. The van der Waals surface area contributed by atoms with Crippen LogP contribution in [-0.4, -0.2) is 30.5 Å². The first-order chi connectivity index (χ1) is 12.8. The SMILES string of the molecule is COc1ccc(NC(=O)CSc2ccc(C(C)=O)cc2F)cc1NC(C)=O. The molecule has 0 aliphatic carbocycles. The van der Waals surface area contributed by atoms with E-state index in [9.17, 15) is 18.8 Å². The Labute approximate surface area is 160 Å². The molecule has 2 amide bonds. The fourth-order valence-corrected chi connectivity index (χ4v) is 2.97. The topological polar surface area (TPSA) is 84.5 Å². The van der Waals surface area contributed by atoms with Crippen molar-refractivity contribution < 1.29 is 23.5 Å². The van der Waals surface area contributed by atoms with E-state index in [2.05, 4.69) is 10.6 Å². The molecule has 2 aromatic rings. The fraction of sp³-hybridized carbons (Fsp3) is 0.211. The van der Waals surface area contributed by atoms with Crippen molar-refractivity contribution in [2.75, 3.05) is 23.5 Å². The lowest BCUT2D eigenvalue weighted by molar-refractivity contribution is -0.114. The van der Waals surface area contributed by atoms with Crippen LogP contribution in [0, 0.1) is 5.82 Å². The quantitative estimate of drug-likeness (QED) is 0.556. The third-order valence-corrected chi connectivity index (χ3v) is 4.54.